The Morgan fingerprint density at radius 2 is 1.84 bits per heavy atom. The van der Waals surface area contributed by atoms with Gasteiger partial charge in [0.15, 0.2) is 0 Å². The molecule has 1 aliphatic carbocycles. The summed E-state index contributed by atoms with van der Waals surface area (Å²) in [6, 6.07) is 17.1. The van der Waals surface area contributed by atoms with Gasteiger partial charge in [-0.25, -0.2) is 9.97 Å². The molecule has 3 heterocycles. The van der Waals surface area contributed by atoms with E-state index in [0.717, 1.165) is 55.2 Å². The summed E-state index contributed by atoms with van der Waals surface area (Å²) in [6.45, 7) is 5.00. The molecule has 1 spiro atoms. The van der Waals surface area contributed by atoms with E-state index in [0.29, 0.717) is 5.89 Å². The van der Waals surface area contributed by atoms with Gasteiger partial charge < -0.3 is 8.98 Å². The Kier molecular flexibility index (Phi) is 4.58. The number of nitrogens with zero attached hydrogens (tertiary/aromatic N) is 4. The molecule has 6 rings (SSSR count). The maximum Gasteiger partial charge on any atom is 0.226 e. The quantitative estimate of drug-likeness (QED) is 0.442. The van der Waals surface area contributed by atoms with E-state index in [1.54, 1.807) is 12.5 Å². The number of allylic oxidation sites excluding steroid dienone is 1. The molecule has 2 aliphatic rings. The number of aryl methyl sites for hydroxylation is 1. The first kappa shape index (κ1) is 19.3. The molecule has 1 aliphatic heterocycles. The number of oxazole rings is 1. The molecule has 160 valence electrons. The van der Waals surface area contributed by atoms with Crippen LogP contribution in [0.15, 0.2) is 77.7 Å². The predicted molar refractivity (Wildman–Crippen MR) is 125 cm³/mol. The number of hydrogen-bond donors (Lipinski definition) is 0. The van der Waals surface area contributed by atoms with E-state index in [1.807, 2.05) is 17.7 Å². The monoisotopic (exact) mass is 422 g/mol. The normalized spacial score (nSPS) is 17.2. The molecule has 0 amide bonds. The minimum absolute atomic E-state index is 0.216. The Hall–Kier alpha value is -3.44. The summed E-state index contributed by atoms with van der Waals surface area (Å²) in [5.41, 5.74) is 6.20. The fourth-order valence-electron chi connectivity index (χ4n) is 5.08. The van der Waals surface area contributed by atoms with Crippen LogP contribution in [0.1, 0.15) is 35.4 Å². The van der Waals surface area contributed by atoms with Crippen LogP contribution in [0.5, 0.6) is 0 Å². The average molecular weight is 423 g/mol. The van der Waals surface area contributed by atoms with Crippen molar-refractivity contribution in [2.75, 3.05) is 13.1 Å². The maximum absolute atomic E-state index is 6.04. The van der Waals surface area contributed by atoms with Gasteiger partial charge in [-0.05, 0) is 68.2 Å². The molecule has 5 nitrogen and oxygen atoms in total. The van der Waals surface area contributed by atoms with Gasteiger partial charge in [-0.15, -0.1) is 0 Å². The van der Waals surface area contributed by atoms with E-state index in [9.17, 15) is 0 Å². The minimum atomic E-state index is 0.216. The molecule has 1 fully saturated rings. The summed E-state index contributed by atoms with van der Waals surface area (Å²) in [4.78, 5) is 11.5. The van der Waals surface area contributed by atoms with Gasteiger partial charge in [-0.1, -0.05) is 36.4 Å². The first-order valence-electron chi connectivity index (χ1n) is 11.3. The van der Waals surface area contributed by atoms with Gasteiger partial charge in [0.25, 0.3) is 0 Å². The highest BCUT2D eigenvalue weighted by molar-refractivity contribution is 5.65. The van der Waals surface area contributed by atoms with E-state index >= 15 is 0 Å². The van der Waals surface area contributed by atoms with E-state index in [4.69, 9.17) is 9.40 Å². The van der Waals surface area contributed by atoms with Gasteiger partial charge in [0.1, 0.15) is 5.76 Å². The van der Waals surface area contributed by atoms with Crippen LogP contribution in [0.2, 0.25) is 0 Å². The Morgan fingerprint density at radius 1 is 1.03 bits per heavy atom. The second-order valence-corrected chi connectivity index (χ2v) is 8.89. The van der Waals surface area contributed by atoms with Crippen molar-refractivity contribution in [1.82, 2.24) is 19.4 Å². The lowest BCUT2D eigenvalue weighted by Crippen LogP contribution is -2.40. The lowest BCUT2D eigenvalue weighted by molar-refractivity contribution is 0.175. The van der Waals surface area contributed by atoms with Crippen LogP contribution in [0.3, 0.4) is 0 Å². The molecule has 0 bridgehead atoms. The van der Waals surface area contributed by atoms with Crippen LogP contribution in [0.25, 0.3) is 23.2 Å². The van der Waals surface area contributed by atoms with E-state index in [-0.39, 0.29) is 5.41 Å². The van der Waals surface area contributed by atoms with Crippen molar-refractivity contribution in [2.45, 2.75) is 31.7 Å². The Bertz CT molecular complexity index is 1260. The summed E-state index contributed by atoms with van der Waals surface area (Å²) in [5, 5.41) is 0. The SMILES string of the molecule is Cc1oc(-c2ccc(-n3ccnc3)cc2)nc1CN1CCC2(C=Cc3ccccc32)CC1. The van der Waals surface area contributed by atoms with Crippen molar-refractivity contribution in [3.05, 3.63) is 95.9 Å². The highest BCUT2D eigenvalue weighted by atomic mass is 16.4. The maximum atomic E-state index is 6.04. The number of hydrogen-bond acceptors (Lipinski definition) is 4. The average Bonchev–Trinajstić information content (AvgIpc) is 3.57. The third-order valence-electron chi connectivity index (χ3n) is 7.01. The lowest BCUT2D eigenvalue weighted by atomic mass is 9.74. The summed E-state index contributed by atoms with van der Waals surface area (Å²) in [7, 11) is 0. The summed E-state index contributed by atoms with van der Waals surface area (Å²) < 4.78 is 8.03. The smallest absolute Gasteiger partial charge is 0.226 e. The van der Waals surface area contributed by atoms with Crippen LogP contribution in [-0.4, -0.2) is 32.5 Å². The molecule has 5 heteroatoms. The summed E-state index contributed by atoms with van der Waals surface area (Å²) in [6.07, 6.45) is 12.6. The first-order chi connectivity index (χ1) is 15.7. The van der Waals surface area contributed by atoms with E-state index < -0.39 is 0 Å². The molecule has 1 saturated heterocycles. The van der Waals surface area contributed by atoms with Crippen molar-refractivity contribution in [3.8, 4) is 17.1 Å². The first-order valence-corrected chi connectivity index (χ1v) is 11.3. The third-order valence-corrected chi connectivity index (χ3v) is 7.01. The van der Waals surface area contributed by atoms with Crippen LogP contribution in [0.4, 0.5) is 0 Å². The van der Waals surface area contributed by atoms with Crippen molar-refractivity contribution in [1.29, 1.82) is 0 Å². The van der Waals surface area contributed by atoms with E-state index in [1.165, 1.54) is 11.1 Å². The van der Waals surface area contributed by atoms with Gasteiger partial charge in [-0.2, -0.15) is 0 Å². The number of imidazole rings is 1. The van der Waals surface area contributed by atoms with Gasteiger partial charge >= 0.3 is 0 Å². The number of rotatable bonds is 4. The van der Waals surface area contributed by atoms with Gasteiger partial charge in [0.05, 0.1) is 12.0 Å². The molecule has 0 saturated carbocycles. The lowest BCUT2D eigenvalue weighted by Gasteiger charge is -2.39. The molecule has 0 unspecified atom stereocenters. The third kappa shape index (κ3) is 3.30. The van der Waals surface area contributed by atoms with Crippen molar-refractivity contribution in [2.24, 2.45) is 0 Å². The molecule has 0 N–H and O–H groups in total. The molecule has 0 atom stereocenters. The second kappa shape index (κ2) is 7.61. The number of benzene rings is 2. The summed E-state index contributed by atoms with van der Waals surface area (Å²) >= 11 is 0. The highest BCUT2D eigenvalue weighted by Crippen LogP contribution is 2.43. The number of likely N-dealkylation sites (tertiary alicyclic amines) is 1. The van der Waals surface area contributed by atoms with Gasteiger partial charge in [0, 0.05) is 35.6 Å². The molecule has 2 aromatic heterocycles. The van der Waals surface area contributed by atoms with Crippen LogP contribution in [0, 0.1) is 6.92 Å². The highest BCUT2D eigenvalue weighted by Gasteiger charge is 2.37. The Labute approximate surface area is 188 Å². The zero-order valence-electron chi connectivity index (χ0n) is 18.2. The fraction of sp³-hybridized carbons (Fsp3) is 0.259. The zero-order valence-corrected chi connectivity index (χ0v) is 18.2. The van der Waals surface area contributed by atoms with Gasteiger partial charge in [-0.3, -0.25) is 4.90 Å². The zero-order chi connectivity index (χ0) is 21.5. The van der Waals surface area contributed by atoms with Crippen molar-refractivity contribution in [3.63, 3.8) is 0 Å². The topological polar surface area (TPSA) is 47.1 Å². The largest absolute Gasteiger partial charge is 0.441 e. The molecule has 32 heavy (non-hydrogen) atoms. The molecule has 0 radical (unpaired) electrons. The predicted octanol–water partition coefficient (Wildman–Crippen LogP) is 5.40. The fourth-order valence-corrected chi connectivity index (χ4v) is 5.08. The van der Waals surface area contributed by atoms with Gasteiger partial charge in [0.2, 0.25) is 5.89 Å². The summed E-state index contributed by atoms with van der Waals surface area (Å²) in [5.74, 6) is 1.60. The number of piperidine rings is 1. The molecule has 2 aromatic carbocycles. The second-order valence-electron chi connectivity index (χ2n) is 8.89. The molecular formula is C27H26N4O. The number of aromatic nitrogens is 3. The van der Waals surface area contributed by atoms with Crippen molar-refractivity contribution >= 4 is 6.08 Å². The van der Waals surface area contributed by atoms with Crippen LogP contribution < -0.4 is 0 Å². The standard InChI is InChI=1S/C27H26N4O/c1-20-25(29-26(32-20)22-6-8-23(9-7-22)31-17-14-28-19-31)18-30-15-12-27(13-16-30)11-10-21-4-2-3-5-24(21)27/h2-11,14,17,19H,12-13,15-16,18H2,1H3. The Balaban J connectivity index is 1.15. The minimum Gasteiger partial charge on any atom is -0.441 e. The molecule has 4 aromatic rings. The van der Waals surface area contributed by atoms with Crippen LogP contribution in [-0.2, 0) is 12.0 Å². The van der Waals surface area contributed by atoms with Crippen LogP contribution >= 0.6 is 0 Å². The molecular weight excluding hydrogens is 396 g/mol. The Morgan fingerprint density at radius 3 is 2.62 bits per heavy atom. The van der Waals surface area contributed by atoms with Crippen molar-refractivity contribution < 1.29 is 4.42 Å². The van der Waals surface area contributed by atoms with E-state index in [2.05, 4.69) is 70.6 Å². The number of fused-ring (bicyclic) bond motifs is 2.